The van der Waals surface area contributed by atoms with Gasteiger partial charge in [0, 0.05) is 32.7 Å². The number of benzene rings is 1. The Kier molecular flexibility index (Phi) is 5.12. The summed E-state index contributed by atoms with van der Waals surface area (Å²) < 4.78 is 32.1. The molecular formula is C17H21N3O5S. The van der Waals surface area contributed by atoms with Gasteiger partial charge in [-0.2, -0.15) is 4.31 Å². The monoisotopic (exact) mass is 379 g/mol. The maximum Gasteiger partial charge on any atom is 0.335 e. The lowest BCUT2D eigenvalue weighted by Crippen LogP contribution is -2.48. The Hall–Kier alpha value is -2.23. The number of rotatable bonds is 5. The van der Waals surface area contributed by atoms with Crippen LogP contribution in [0.1, 0.15) is 27.4 Å². The van der Waals surface area contributed by atoms with E-state index in [1.54, 1.807) is 38.1 Å². The topological polar surface area (TPSA) is 104 Å². The van der Waals surface area contributed by atoms with Gasteiger partial charge in [0.2, 0.25) is 10.0 Å². The number of piperazine rings is 1. The van der Waals surface area contributed by atoms with Gasteiger partial charge in [-0.3, -0.25) is 4.90 Å². The van der Waals surface area contributed by atoms with E-state index in [-0.39, 0.29) is 10.5 Å². The lowest BCUT2D eigenvalue weighted by Gasteiger charge is -2.33. The standard InChI is InChI=1S/C17H21N3O5S/c1-12-16(13(2)25-18-12)26(23,24)20-9-7-19(8-10-20)11-14-3-5-15(6-4-14)17(21)22/h3-6H,7-11H2,1-2H3,(H,21,22). The highest BCUT2D eigenvalue weighted by molar-refractivity contribution is 7.89. The number of aromatic carboxylic acids is 1. The minimum atomic E-state index is -3.61. The molecule has 1 saturated heterocycles. The average Bonchev–Trinajstić information content (AvgIpc) is 2.95. The fourth-order valence-corrected chi connectivity index (χ4v) is 4.82. The van der Waals surface area contributed by atoms with Crippen molar-refractivity contribution in [2.24, 2.45) is 0 Å². The van der Waals surface area contributed by atoms with Gasteiger partial charge in [0.15, 0.2) is 5.76 Å². The molecule has 1 fully saturated rings. The van der Waals surface area contributed by atoms with Crippen LogP contribution < -0.4 is 0 Å². The maximum atomic E-state index is 12.8. The summed E-state index contributed by atoms with van der Waals surface area (Å²) in [5, 5.41) is 12.7. The second kappa shape index (κ2) is 7.18. The second-order valence-corrected chi connectivity index (χ2v) is 8.21. The summed E-state index contributed by atoms with van der Waals surface area (Å²) in [4.78, 5) is 13.2. The number of aromatic nitrogens is 1. The minimum Gasteiger partial charge on any atom is -0.478 e. The van der Waals surface area contributed by atoms with Crippen molar-refractivity contribution >= 4 is 16.0 Å². The highest BCUT2D eigenvalue weighted by Crippen LogP contribution is 2.24. The normalized spacial score (nSPS) is 16.7. The van der Waals surface area contributed by atoms with Gasteiger partial charge in [0.25, 0.3) is 0 Å². The molecule has 2 heterocycles. The van der Waals surface area contributed by atoms with Gasteiger partial charge in [-0.05, 0) is 31.5 Å². The van der Waals surface area contributed by atoms with Gasteiger partial charge in [-0.1, -0.05) is 17.3 Å². The van der Waals surface area contributed by atoms with E-state index < -0.39 is 16.0 Å². The number of carbonyl (C=O) groups is 1. The molecule has 0 bridgehead atoms. The molecule has 0 saturated carbocycles. The van der Waals surface area contributed by atoms with Crippen molar-refractivity contribution < 1.29 is 22.8 Å². The van der Waals surface area contributed by atoms with E-state index in [2.05, 4.69) is 10.1 Å². The highest BCUT2D eigenvalue weighted by Gasteiger charge is 2.33. The molecule has 0 aliphatic carbocycles. The summed E-state index contributed by atoms with van der Waals surface area (Å²) in [6.45, 7) is 5.86. The summed E-state index contributed by atoms with van der Waals surface area (Å²) in [6, 6.07) is 6.73. The third-order valence-corrected chi connectivity index (χ3v) is 6.65. The van der Waals surface area contributed by atoms with Crippen LogP contribution in [0.25, 0.3) is 0 Å². The van der Waals surface area contributed by atoms with Crippen molar-refractivity contribution in [3.05, 3.63) is 46.8 Å². The molecule has 9 heteroatoms. The Balaban J connectivity index is 1.63. The number of hydrogen-bond acceptors (Lipinski definition) is 6. The Morgan fingerprint density at radius 3 is 2.27 bits per heavy atom. The van der Waals surface area contributed by atoms with E-state index in [1.165, 1.54) is 4.31 Å². The van der Waals surface area contributed by atoms with E-state index in [1.807, 2.05) is 0 Å². The van der Waals surface area contributed by atoms with Crippen molar-refractivity contribution in [2.75, 3.05) is 26.2 Å². The van der Waals surface area contributed by atoms with Crippen LogP contribution in [0.3, 0.4) is 0 Å². The molecule has 1 aromatic carbocycles. The maximum absolute atomic E-state index is 12.8. The molecular weight excluding hydrogens is 358 g/mol. The molecule has 0 amide bonds. The molecule has 3 rings (SSSR count). The van der Waals surface area contributed by atoms with Crippen molar-refractivity contribution in [1.82, 2.24) is 14.4 Å². The fraction of sp³-hybridized carbons (Fsp3) is 0.412. The van der Waals surface area contributed by atoms with Gasteiger partial charge in [-0.15, -0.1) is 0 Å². The number of carboxylic acid groups (broad SMARTS) is 1. The van der Waals surface area contributed by atoms with Crippen LogP contribution in [0.4, 0.5) is 0 Å². The average molecular weight is 379 g/mol. The molecule has 8 nitrogen and oxygen atoms in total. The zero-order valence-electron chi connectivity index (χ0n) is 14.7. The first-order valence-corrected chi connectivity index (χ1v) is 9.70. The highest BCUT2D eigenvalue weighted by atomic mass is 32.2. The van der Waals surface area contributed by atoms with Crippen LogP contribution in [0.5, 0.6) is 0 Å². The summed E-state index contributed by atoms with van der Waals surface area (Å²) in [7, 11) is -3.61. The Morgan fingerprint density at radius 1 is 1.15 bits per heavy atom. The van der Waals surface area contributed by atoms with Crippen LogP contribution in [0.15, 0.2) is 33.7 Å². The first kappa shape index (κ1) is 18.6. The largest absolute Gasteiger partial charge is 0.478 e. The summed E-state index contributed by atoms with van der Waals surface area (Å²) >= 11 is 0. The van der Waals surface area contributed by atoms with Crippen LogP contribution in [0, 0.1) is 13.8 Å². The van der Waals surface area contributed by atoms with Crippen LogP contribution in [-0.4, -0.2) is 60.0 Å². The van der Waals surface area contributed by atoms with Crippen LogP contribution >= 0.6 is 0 Å². The predicted molar refractivity (Wildman–Crippen MR) is 93.4 cm³/mol. The quantitative estimate of drug-likeness (QED) is 0.839. The van der Waals surface area contributed by atoms with Crippen LogP contribution in [0.2, 0.25) is 0 Å². The lowest BCUT2D eigenvalue weighted by atomic mass is 10.1. The van der Waals surface area contributed by atoms with E-state index in [0.717, 1.165) is 5.56 Å². The number of sulfonamides is 1. The summed E-state index contributed by atoms with van der Waals surface area (Å²) in [5.74, 6) is -0.641. The molecule has 1 aliphatic heterocycles. The molecule has 1 N–H and O–H groups in total. The number of carboxylic acids is 1. The van der Waals surface area contributed by atoms with Gasteiger partial charge in [0.05, 0.1) is 5.56 Å². The molecule has 26 heavy (non-hydrogen) atoms. The predicted octanol–water partition coefficient (Wildman–Crippen LogP) is 1.50. The summed E-state index contributed by atoms with van der Waals surface area (Å²) in [6.07, 6.45) is 0. The Bertz CT molecular complexity index is 877. The summed E-state index contributed by atoms with van der Waals surface area (Å²) in [5.41, 5.74) is 1.63. The van der Waals surface area contributed by atoms with Gasteiger partial charge in [-0.25, -0.2) is 13.2 Å². The van der Waals surface area contributed by atoms with Gasteiger partial charge < -0.3 is 9.63 Å². The Labute approximate surface area is 152 Å². The third kappa shape index (κ3) is 3.64. The second-order valence-electron chi connectivity index (χ2n) is 6.34. The van der Waals surface area contributed by atoms with Crippen molar-refractivity contribution in [3.63, 3.8) is 0 Å². The third-order valence-electron chi connectivity index (χ3n) is 4.50. The number of aryl methyl sites for hydroxylation is 2. The molecule has 0 spiro atoms. The molecule has 0 atom stereocenters. The van der Waals surface area contributed by atoms with Gasteiger partial charge in [0.1, 0.15) is 10.6 Å². The van der Waals surface area contributed by atoms with Crippen molar-refractivity contribution in [3.8, 4) is 0 Å². The van der Waals surface area contributed by atoms with Crippen LogP contribution in [-0.2, 0) is 16.6 Å². The van der Waals surface area contributed by atoms with Crippen molar-refractivity contribution in [1.29, 1.82) is 0 Å². The smallest absolute Gasteiger partial charge is 0.335 e. The Morgan fingerprint density at radius 2 is 1.77 bits per heavy atom. The van der Waals surface area contributed by atoms with Crippen molar-refractivity contribution in [2.45, 2.75) is 25.3 Å². The van der Waals surface area contributed by atoms with E-state index in [4.69, 9.17) is 9.63 Å². The molecule has 1 aromatic heterocycles. The molecule has 0 radical (unpaired) electrons. The molecule has 1 aliphatic rings. The zero-order valence-corrected chi connectivity index (χ0v) is 15.5. The van der Waals surface area contributed by atoms with E-state index in [9.17, 15) is 13.2 Å². The minimum absolute atomic E-state index is 0.162. The zero-order chi connectivity index (χ0) is 18.9. The number of nitrogens with zero attached hydrogens (tertiary/aromatic N) is 3. The number of hydrogen-bond donors (Lipinski definition) is 1. The van der Waals surface area contributed by atoms with E-state index in [0.29, 0.717) is 44.2 Å². The van der Waals surface area contributed by atoms with E-state index >= 15 is 0 Å². The van der Waals surface area contributed by atoms with Gasteiger partial charge >= 0.3 is 5.97 Å². The molecule has 140 valence electrons. The first-order chi connectivity index (χ1) is 12.3. The lowest BCUT2D eigenvalue weighted by molar-refractivity contribution is 0.0697. The fourth-order valence-electron chi connectivity index (χ4n) is 3.11. The molecule has 2 aromatic rings. The molecule has 0 unspecified atom stereocenters. The SMILES string of the molecule is Cc1noc(C)c1S(=O)(=O)N1CCN(Cc2ccc(C(=O)O)cc2)CC1. The first-order valence-electron chi connectivity index (χ1n) is 8.26.